The first-order chi connectivity index (χ1) is 4.00. The molecule has 0 saturated heterocycles. The molecule has 0 aliphatic carbocycles. The number of carbonyl (C=O) groups excluding carboxylic acids is 1. The first kappa shape index (κ1) is 12.2. The summed E-state index contributed by atoms with van der Waals surface area (Å²) in [5, 5.41) is 0. The highest BCUT2D eigenvalue weighted by molar-refractivity contribution is 6.63. The summed E-state index contributed by atoms with van der Waals surface area (Å²) < 4.78 is -0.750. The summed E-state index contributed by atoms with van der Waals surface area (Å²) in [5.74, 6) is 0.255. The predicted molar refractivity (Wildman–Crippen MR) is 42.3 cm³/mol. The number of hydrogen-bond acceptors (Lipinski definition) is 1. The Balaban J connectivity index is 0. The lowest BCUT2D eigenvalue weighted by Crippen LogP contribution is -1.80. The van der Waals surface area contributed by atoms with E-state index < -0.39 is 4.30 Å². The molecule has 0 amide bonds. The first-order valence-corrected chi connectivity index (χ1v) is 3.73. The van der Waals surface area contributed by atoms with Crippen LogP contribution >= 0.6 is 34.8 Å². The molecule has 0 saturated carbocycles. The number of hydrogen-bond donors (Lipinski definition) is 0. The molecule has 1 nitrogen and oxygen atoms in total. The summed E-state index contributed by atoms with van der Waals surface area (Å²) in [6.45, 7) is 3.43. The maximum atomic E-state index is 9.81. The van der Waals surface area contributed by atoms with Crippen LogP contribution in [0.3, 0.4) is 0 Å². The van der Waals surface area contributed by atoms with Crippen LogP contribution in [0.5, 0.6) is 0 Å². The quantitative estimate of drug-likeness (QED) is 0.583. The van der Waals surface area contributed by atoms with Crippen molar-refractivity contribution in [3.8, 4) is 0 Å². The minimum Gasteiger partial charge on any atom is -0.300 e. The van der Waals surface area contributed by atoms with Gasteiger partial charge in [0.2, 0.25) is 0 Å². The van der Waals surface area contributed by atoms with E-state index in [1.807, 2.05) is 6.92 Å². The molecule has 0 fully saturated rings. The van der Waals surface area contributed by atoms with Gasteiger partial charge >= 0.3 is 0 Å². The molecule has 0 aliphatic heterocycles. The van der Waals surface area contributed by atoms with E-state index in [4.69, 9.17) is 34.8 Å². The van der Waals surface area contributed by atoms with Crippen molar-refractivity contribution >= 4 is 40.6 Å². The molecule has 0 bridgehead atoms. The summed E-state index contributed by atoms with van der Waals surface area (Å²) in [4.78, 5) is 9.81. The first-order valence-electron chi connectivity index (χ1n) is 2.42. The van der Waals surface area contributed by atoms with Crippen molar-refractivity contribution in [2.45, 2.75) is 24.6 Å². The van der Waals surface area contributed by atoms with Gasteiger partial charge in [-0.3, -0.25) is 0 Å². The second-order valence-corrected chi connectivity index (χ2v) is 3.28. The molecule has 56 valence electrons. The minimum absolute atomic E-state index is 0.255. The summed E-state index contributed by atoms with van der Waals surface area (Å²) in [6, 6.07) is 0. The number of rotatable bonds is 1. The molecular weight excluding hydrogens is 182 g/mol. The lowest BCUT2D eigenvalue weighted by molar-refractivity contribution is -0.116. The molecule has 4 heteroatoms. The van der Waals surface area contributed by atoms with Gasteiger partial charge in [-0.15, -0.1) is 0 Å². The van der Waals surface area contributed by atoms with Gasteiger partial charge in [0.1, 0.15) is 5.78 Å². The Bertz CT molecular complexity index is 69.8. The van der Waals surface area contributed by atoms with E-state index in [2.05, 4.69) is 0 Å². The van der Waals surface area contributed by atoms with Crippen molar-refractivity contribution in [3.05, 3.63) is 0 Å². The van der Waals surface area contributed by atoms with Crippen LogP contribution in [0.1, 0.15) is 20.3 Å². The number of carbonyl (C=O) groups is 1. The summed E-state index contributed by atoms with van der Waals surface area (Å²) in [5.41, 5.74) is 0. The van der Waals surface area contributed by atoms with E-state index in [0.717, 1.165) is 0 Å². The smallest absolute Gasteiger partial charge is 0.180 e. The van der Waals surface area contributed by atoms with Gasteiger partial charge in [0.25, 0.3) is 0 Å². The zero-order valence-corrected chi connectivity index (χ0v) is 7.59. The lowest BCUT2D eigenvalue weighted by atomic mass is 10.4. The van der Waals surface area contributed by atoms with Gasteiger partial charge in [0.05, 0.1) is 0 Å². The summed E-state index contributed by atoms with van der Waals surface area (Å²) >= 11 is 14.4. The average Bonchev–Trinajstić information content (AvgIpc) is 1.65. The molecule has 0 N–H and O–H groups in total. The zero-order chi connectivity index (χ0) is 7.86. The van der Waals surface area contributed by atoms with Crippen molar-refractivity contribution < 1.29 is 4.79 Å². The van der Waals surface area contributed by atoms with Crippen molar-refractivity contribution in [2.24, 2.45) is 0 Å². The number of halogens is 3. The highest BCUT2D eigenvalue weighted by Gasteiger charge is 1.79. The Hall–Kier alpha value is 0.540. The minimum atomic E-state index is -0.750. The largest absolute Gasteiger partial charge is 0.300 e. The van der Waals surface area contributed by atoms with Crippen LogP contribution in [-0.4, -0.2) is 10.1 Å². The van der Waals surface area contributed by atoms with E-state index in [1.165, 1.54) is 0 Å². The Morgan fingerprint density at radius 2 is 1.56 bits per heavy atom. The molecule has 0 aromatic carbocycles. The second kappa shape index (κ2) is 8.54. The summed E-state index contributed by atoms with van der Waals surface area (Å²) in [7, 11) is 0. The normalized spacial score (nSPS) is 8.22. The Labute approximate surface area is 70.3 Å². The van der Waals surface area contributed by atoms with Crippen LogP contribution < -0.4 is 0 Å². The molecular formula is C5H9Cl3O. The molecule has 9 heavy (non-hydrogen) atoms. The standard InChI is InChI=1S/C4H8O.CHCl3/c1-3-4(2)5;2-1(3)4/h3H2,1-2H3;1H. The Morgan fingerprint density at radius 3 is 1.56 bits per heavy atom. The highest BCUT2D eigenvalue weighted by atomic mass is 35.6. The van der Waals surface area contributed by atoms with Gasteiger partial charge in [0, 0.05) is 6.42 Å². The van der Waals surface area contributed by atoms with E-state index in [-0.39, 0.29) is 5.78 Å². The van der Waals surface area contributed by atoms with Crippen LogP contribution in [0.4, 0.5) is 0 Å². The molecule has 0 spiro atoms. The van der Waals surface area contributed by atoms with Crippen molar-refractivity contribution in [2.75, 3.05) is 0 Å². The van der Waals surface area contributed by atoms with Crippen LogP contribution in [0, 0.1) is 0 Å². The fraction of sp³-hybridized carbons (Fsp3) is 0.800. The second-order valence-electron chi connectivity index (χ2n) is 1.30. The van der Waals surface area contributed by atoms with Gasteiger partial charge in [0.15, 0.2) is 4.30 Å². The third-order valence-corrected chi connectivity index (χ3v) is 0.498. The summed E-state index contributed by atoms with van der Waals surface area (Å²) in [6.07, 6.45) is 0.667. The van der Waals surface area contributed by atoms with E-state index >= 15 is 0 Å². The molecule has 0 unspecified atom stereocenters. The van der Waals surface area contributed by atoms with Gasteiger partial charge in [-0.25, -0.2) is 0 Å². The molecule has 0 aliphatic rings. The molecule has 0 aromatic heterocycles. The van der Waals surface area contributed by atoms with Crippen molar-refractivity contribution in [1.29, 1.82) is 0 Å². The molecule has 0 aromatic rings. The van der Waals surface area contributed by atoms with E-state index in [9.17, 15) is 4.79 Å². The number of Topliss-reactive ketones (excluding diaryl/α,β-unsaturated/α-hetero) is 1. The Kier molecular flexibility index (Phi) is 11.6. The fourth-order valence-corrected chi connectivity index (χ4v) is 0. The van der Waals surface area contributed by atoms with Crippen LogP contribution in [0.25, 0.3) is 0 Å². The van der Waals surface area contributed by atoms with Gasteiger partial charge < -0.3 is 4.79 Å². The predicted octanol–water partition coefficient (Wildman–Crippen LogP) is 2.97. The van der Waals surface area contributed by atoms with Gasteiger partial charge in [-0.2, -0.15) is 0 Å². The van der Waals surface area contributed by atoms with Crippen molar-refractivity contribution in [1.82, 2.24) is 0 Å². The molecule has 0 radical (unpaired) electrons. The maximum absolute atomic E-state index is 9.81. The third-order valence-electron chi connectivity index (χ3n) is 0.498. The Morgan fingerprint density at radius 1 is 1.44 bits per heavy atom. The molecule has 0 heterocycles. The van der Waals surface area contributed by atoms with Crippen LogP contribution in [0.15, 0.2) is 0 Å². The fourth-order valence-electron chi connectivity index (χ4n) is 0. The van der Waals surface area contributed by atoms with E-state index in [1.54, 1.807) is 6.92 Å². The van der Waals surface area contributed by atoms with Gasteiger partial charge in [-0.05, 0) is 6.92 Å². The van der Waals surface area contributed by atoms with Crippen LogP contribution in [0.2, 0.25) is 0 Å². The lowest BCUT2D eigenvalue weighted by Gasteiger charge is -1.71. The number of alkyl halides is 3. The third kappa shape index (κ3) is 56.6. The molecule has 0 atom stereocenters. The zero-order valence-electron chi connectivity index (χ0n) is 5.33. The van der Waals surface area contributed by atoms with Gasteiger partial charge in [-0.1, -0.05) is 41.7 Å². The highest BCUT2D eigenvalue weighted by Crippen LogP contribution is 2.03. The monoisotopic (exact) mass is 190 g/mol. The van der Waals surface area contributed by atoms with Crippen molar-refractivity contribution in [3.63, 3.8) is 0 Å². The average molecular weight is 191 g/mol. The molecule has 0 rings (SSSR count). The number of ketones is 1. The topological polar surface area (TPSA) is 17.1 Å². The maximum Gasteiger partial charge on any atom is 0.180 e. The van der Waals surface area contributed by atoms with Crippen LogP contribution in [-0.2, 0) is 4.79 Å². The SMILES string of the molecule is CCC(C)=O.ClC(Cl)Cl. The van der Waals surface area contributed by atoms with E-state index in [0.29, 0.717) is 6.42 Å².